The number of rotatable bonds is 10. The molecule has 0 bridgehead atoms. The summed E-state index contributed by atoms with van der Waals surface area (Å²) in [6, 6.07) is 19.4. The highest BCUT2D eigenvalue weighted by atomic mass is 16.6. The van der Waals surface area contributed by atoms with Crippen molar-refractivity contribution >= 4 is 17.7 Å². The van der Waals surface area contributed by atoms with Gasteiger partial charge < -0.3 is 19.7 Å². The molecule has 252 valence electrons. The van der Waals surface area contributed by atoms with E-state index >= 15 is 0 Å². The van der Waals surface area contributed by atoms with E-state index in [2.05, 4.69) is 53.7 Å². The molecule has 1 fully saturated rings. The monoisotopic (exact) mass is 649 g/mol. The number of piperidine rings is 1. The highest BCUT2D eigenvalue weighted by molar-refractivity contribution is 5.90. The Morgan fingerprint density at radius 1 is 0.979 bits per heavy atom. The van der Waals surface area contributed by atoms with Crippen LogP contribution < -0.4 is 5.32 Å². The van der Waals surface area contributed by atoms with E-state index in [9.17, 15) is 9.59 Å². The first-order valence-corrected chi connectivity index (χ1v) is 17.5. The van der Waals surface area contributed by atoms with Gasteiger partial charge in [-0.1, -0.05) is 44.2 Å². The molecule has 0 saturated carbocycles. The maximum Gasteiger partial charge on any atom is 0.410 e. The molecule has 1 aliphatic heterocycles. The van der Waals surface area contributed by atoms with Crippen LogP contribution >= 0.6 is 0 Å². The predicted molar refractivity (Wildman–Crippen MR) is 188 cm³/mol. The molecule has 9 nitrogen and oxygen atoms in total. The van der Waals surface area contributed by atoms with Gasteiger partial charge in [0.25, 0.3) is 0 Å². The fraction of sp³-hybridized carbons (Fsp3) is 0.436. The van der Waals surface area contributed by atoms with Crippen LogP contribution in [0.4, 0.5) is 10.5 Å². The zero-order valence-corrected chi connectivity index (χ0v) is 28.8. The standard InChI is InChI=1S/C39H47N5O4/c1-6-26-23-29(16-17-30(26)27-19-21-43(22-20-27)39(46)48-25(4)5)40-35-18-15-28-11-9-12-31(37(28)35)34-13-10-14-36(41-34)44-24-32(33(7-2)42-44)38(45)47-8-3/h9-14,16-17,23-25,27,35,40H,6-8,15,18-22H2,1-5H3. The summed E-state index contributed by atoms with van der Waals surface area (Å²) in [6.07, 6.45) is 6.89. The number of nitrogens with one attached hydrogen (secondary N) is 1. The molecule has 1 amide bonds. The van der Waals surface area contributed by atoms with Crippen LogP contribution in [-0.4, -0.2) is 57.5 Å². The van der Waals surface area contributed by atoms with Crippen molar-refractivity contribution in [2.75, 3.05) is 25.0 Å². The first kappa shape index (κ1) is 33.2. The van der Waals surface area contributed by atoms with Crippen LogP contribution in [0.3, 0.4) is 0 Å². The highest BCUT2D eigenvalue weighted by Gasteiger charge is 2.29. The molecule has 9 heteroatoms. The number of benzene rings is 2. The number of aromatic nitrogens is 3. The number of ether oxygens (including phenoxy) is 2. The third-order valence-corrected chi connectivity index (χ3v) is 9.51. The molecule has 2 aliphatic rings. The van der Waals surface area contributed by atoms with Gasteiger partial charge in [-0.3, -0.25) is 0 Å². The van der Waals surface area contributed by atoms with Gasteiger partial charge >= 0.3 is 12.1 Å². The van der Waals surface area contributed by atoms with Gasteiger partial charge in [-0.2, -0.15) is 5.10 Å². The minimum Gasteiger partial charge on any atom is -0.462 e. The molecular formula is C39H47N5O4. The third-order valence-electron chi connectivity index (χ3n) is 9.51. The number of likely N-dealkylation sites (tertiary alicyclic amines) is 1. The summed E-state index contributed by atoms with van der Waals surface area (Å²) in [4.78, 5) is 31.8. The molecule has 4 aromatic rings. The number of carbonyl (C=O) groups excluding carboxylic acids is 2. The van der Waals surface area contributed by atoms with E-state index in [0.717, 1.165) is 62.1 Å². The van der Waals surface area contributed by atoms with Gasteiger partial charge in [0.1, 0.15) is 5.56 Å². The normalized spacial score (nSPS) is 16.2. The Kier molecular flexibility index (Phi) is 10.1. The largest absolute Gasteiger partial charge is 0.462 e. The molecular weight excluding hydrogens is 602 g/mol. The van der Waals surface area contributed by atoms with Gasteiger partial charge in [-0.15, -0.1) is 0 Å². The number of fused-ring (bicyclic) bond motifs is 1. The maximum absolute atomic E-state index is 12.6. The third kappa shape index (κ3) is 6.96. The van der Waals surface area contributed by atoms with Crippen LogP contribution in [0.15, 0.2) is 60.8 Å². The molecule has 3 heterocycles. The van der Waals surface area contributed by atoms with Gasteiger partial charge in [0.05, 0.1) is 30.1 Å². The number of amides is 1. The lowest BCUT2D eigenvalue weighted by atomic mass is 9.85. The Morgan fingerprint density at radius 3 is 2.50 bits per heavy atom. The van der Waals surface area contributed by atoms with E-state index in [1.54, 1.807) is 17.8 Å². The van der Waals surface area contributed by atoms with E-state index in [-0.39, 0.29) is 24.2 Å². The molecule has 1 N–H and O–H groups in total. The summed E-state index contributed by atoms with van der Waals surface area (Å²) in [6.45, 7) is 11.6. The lowest BCUT2D eigenvalue weighted by Gasteiger charge is -2.33. The Bertz CT molecular complexity index is 1770. The number of esters is 1. The van der Waals surface area contributed by atoms with E-state index < -0.39 is 0 Å². The maximum atomic E-state index is 12.6. The van der Waals surface area contributed by atoms with Crippen LogP contribution in [0.25, 0.3) is 17.1 Å². The van der Waals surface area contributed by atoms with Crippen molar-refractivity contribution in [2.24, 2.45) is 0 Å². The molecule has 1 atom stereocenters. The smallest absolute Gasteiger partial charge is 0.410 e. The fourth-order valence-electron chi connectivity index (χ4n) is 7.17. The number of anilines is 1. The van der Waals surface area contributed by atoms with Crippen molar-refractivity contribution in [1.29, 1.82) is 0 Å². The van der Waals surface area contributed by atoms with Crippen LogP contribution in [0.5, 0.6) is 0 Å². The number of pyridine rings is 1. The number of hydrogen-bond donors (Lipinski definition) is 1. The zero-order chi connectivity index (χ0) is 33.8. The van der Waals surface area contributed by atoms with Gasteiger partial charge in [0, 0.05) is 30.5 Å². The van der Waals surface area contributed by atoms with Crippen LogP contribution in [0, 0.1) is 0 Å². The summed E-state index contributed by atoms with van der Waals surface area (Å²) in [5, 5.41) is 8.55. The summed E-state index contributed by atoms with van der Waals surface area (Å²) in [7, 11) is 0. The number of carbonyl (C=O) groups is 2. The molecule has 0 spiro atoms. The van der Waals surface area contributed by atoms with E-state index in [1.165, 1.54) is 22.3 Å². The summed E-state index contributed by atoms with van der Waals surface area (Å²) >= 11 is 0. The van der Waals surface area contributed by atoms with Crippen LogP contribution in [0.1, 0.15) is 104 Å². The first-order chi connectivity index (χ1) is 23.3. The predicted octanol–water partition coefficient (Wildman–Crippen LogP) is 8.06. The van der Waals surface area contributed by atoms with Gasteiger partial charge in [-0.25, -0.2) is 19.3 Å². The number of aryl methyl sites for hydroxylation is 3. The molecule has 1 unspecified atom stereocenters. The quantitative estimate of drug-likeness (QED) is 0.174. The Morgan fingerprint density at radius 2 is 1.77 bits per heavy atom. The van der Waals surface area contributed by atoms with Crippen molar-refractivity contribution in [1.82, 2.24) is 19.7 Å². The highest BCUT2D eigenvalue weighted by Crippen LogP contribution is 2.41. The van der Waals surface area contributed by atoms with E-state index in [0.29, 0.717) is 36.0 Å². The van der Waals surface area contributed by atoms with Crippen molar-refractivity contribution in [3.63, 3.8) is 0 Å². The summed E-state index contributed by atoms with van der Waals surface area (Å²) < 4.78 is 12.4. The zero-order valence-electron chi connectivity index (χ0n) is 28.8. The fourth-order valence-corrected chi connectivity index (χ4v) is 7.17. The number of hydrogen-bond acceptors (Lipinski definition) is 7. The number of nitrogens with zero attached hydrogens (tertiary/aromatic N) is 4. The van der Waals surface area contributed by atoms with Gasteiger partial charge in [0.2, 0.25) is 0 Å². The first-order valence-electron chi connectivity index (χ1n) is 17.5. The average molecular weight is 650 g/mol. The molecule has 0 radical (unpaired) electrons. The van der Waals surface area contributed by atoms with E-state index in [4.69, 9.17) is 14.5 Å². The van der Waals surface area contributed by atoms with Crippen molar-refractivity contribution < 1.29 is 19.1 Å². The second-order valence-electron chi connectivity index (χ2n) is 13.0. The minimum atomic E-state index is -0.361. The molecule has 1 aliphatic carbocycles. The Hall–Kier alpha value is -4.66. The molecule has 6 rings (SSSR count). The molecule has 2 aromatic carbocycles. The molecule has 48 heavy (non-hydrogen) atoms. The summed E-state index contributed by atoms with van der Waals surface area (Å²) in [5.41, 5.74) is 9.64. The van der Waals surface area contributed by atoms with E-state index in [1.807, 2.05) is 43.9 Å². The van der Waals surface area contributed by atoms with Crippen molar-refractivity contribution in [2.45, 2.75) is 91.2 Å². The van der Waals surface area contributed by atoms with Crippen LogP contribution in [0.2, 0.25) is 0 Å². The average Bonchev–Trinajstić information content (AvgIpc) is 3.73. The van der Waals surface area contributed by atoms with Crippen LogP contribution in [-0.2, 0) is 28.7 Å². The lowest BCUT2D eigenvalue weighted by Crippen LogP contribution is -2.39. The SMILES string of the molecule is CCOC(=O)c1cn(-c2cccc(-c3cccc4c3C(Nc3ccc(C5CCN(C(=O)OC(C)C)CC5)c(CC)c3)CC4)n2)nc1CC. The second-order valence-corrected chi connectivity index (χ2v) is 13.0. The minimum absolute atomic E-state index is 0.102. The molecule has 2 aromatic heterocycles. The lowest BCUT2D eigenvalue weighted by molar-refractivity contribution is 0.0524. The van der Waals surface area contributed by atoms with Crippen molar-refractivity contribution in [3.8, 4) is 17.1 Å². The van der Waals surface area contributed by atoms with Gasteiger partial charge in [-0.05, 0) is 112 Å². The summed E-state index contributed by atoms with van der Waals surface area (Å²) in [5.74, 6) is 0.731. The Labute approximate surface area is 283 Å². The molecule has 1 saturated heterocycles. The Balaban J connectivity index is 1.21. The van der Waals surface area contributed by atoms with Crippen molar-refractivity contribution in [3.05, 3.63) is 94.3 Å². The second kappa shape index (κ2) is 14.6. The topological polar surface area (TPSA) is 98.6 Å². The van der Waals surface area contributed by atoms with Gasteiger partial charge in [0.15, 0.2) is 5.82 Å².